The van der Waals surface area contributed by atoms with E-state index in [1.165, 1.54) is 12.1 Å². The molecule has 0 aliphatic carbocycles. The summed E-state index contributed by atoms with van der Waals surface area (Å²) in [6.45, 7) is 0. The average molecular weight is 1480 g/mol. The van der Waals surface area contributed by atoms with Crippen molar-refractivity contribution in [3.8, 4) is 101 Å². The number of aromatic nitrogens is 4. The van der Waals surface area contributed by atoms with Crippen molar-refractivity contribution in [1.82, 2.24) is 18.3 Å². The zero-order chi connectivity index (χ0) is 76.0. The van der Waals surface area contributed by atoms with E-state index in [4.69, 9.17) is 0 Å². The number of nitrogens with zero attached hydrogens (tertiary/aromatic N) is 4. The number of hydrogen-bond donors (Lipinski definition) is 0. The molecule has 4 heterocycles. The average Bonchev–Trinajstić information content (AvgIpc) is 1.54. The van der Waals surface area contributed by atoms with E-state index in [0.717, 1.165) is 103 Å². The van der Waals surface area contributed by atoms with Gasteiger partial charge in [0.25, 0.3) is 0 Å². The van der Waals surface area contributed by atoms with Crippen LogP contribution in [0.2, 0.25) is 0 Å². The molecule has 4 nitrogen and oxygen atoms in total. The van der Waals surface area contributed by atoms with Crippen LogP contribution in [0.15, 0.2) is 340 Å². The number of rotatable bonds is 11. The fourth-order valence-corrected chi connectivity index (χ4v) is 17.0. The Kier molecular flexibility index (Phi) is 15.6. The molecule has 0 bridgehead atoms. The molecule has 0 amide bonds. The Morgan fingerprint density at radius 2 is 0.500 bits per heavy atom. The Bertz CT molecular complexity index is 7210. The summed E-state index contributed by atoms with van der Waals surface area (Å²) in [6.07, 6.45) is -10.5. The predicted octanol–water partition coefficient (Wildman–Crippen LogP) is 28.3. The highest BCUT2D eigenvalue weighted by atomic mass is 19.4. The largest absolute Gasteiger partial charge is 0.417 e. The maximum atomic E-state index is 18.7. The molecule has 0 saturated carbocycles. The summed E-state index contributed by atoms with van der Waals surface area (Å²) >= 11 is 0. The zero-order valence-corrected chi connectivity index (χ0v) is 58.9. The molecular weight excluding hydrogens is 1420 g/mol. The van der Waals surface area contributed by atoms with E-state index in [0.29, 0.717) is 65.7 Å². The van der Waals surface area contributed by atoms with Gasteiger partial charge >= 0.3 is 12.4 Å². The van der Waals surface area contributed by atoms with Gasteiger partial charge in [0.2, 0.25) is 0 Å². The third kappa shape index (κ3) is 10.8. The minimum Gasteiger partial charge on any atom is -0.307 e. The lowest BCUT2D eigenvalue weighted by molar-refractivity contribution is -0.137. The summed E-state index contributed by atoms with van der Waals surface area (Å²) in [6, 6.07) is 97.6. The first-order valence-electron chi connectivity index (χ1n) is 36.4. The molecular formula is C98H56F10N4. The molecule has 4 aromatic heterocycles. The van der Waals surface area contributed by atoms with Gasteiger partial charge in [0, 0.05) is 54.2 Å². The van der Waals surface area contributed by atoms with E-state index in [2.05, 4.69) is 0 Å². The molecule has 0 fully saturated rings. The monoisotopic (exact) mass is 1480 g/mol. The molecule has 0 atom stereocenters. The van der Waals surface area contributed by atoms with Crippen molar-refractivity contribution < 1.29 is 43.9 Å². The number of benzene rings is 16. The summed E-state index contributed by atoms with van der Waals surface area (Å²) in [5.41, 5.74) is 4.54. The topological polar surface area (TPSA) is 19.7 Å². The lowest BCUT2D eigenvalue weighted by atomic mass is 9.92. The molecule has 0 aliphatic heterocycles. The van der Waals surface area contributed by atoms with E-state index in [9.17, 15) is 0 Å². The number of para-hydroxylation sites is 3. The van der Waals surface area contributed by atoms with Crippen LogP contribution in [0.1, 0.15) is 11.1 Å². The Morgan fingerprint density at radius 3 is 0.938 bits per heavy atom. The number of halogens is 10. The first-order valence-corrected chi connectivity index (χ1v) is 36.4. The first kappa shape index (κ1) is 67.4. The second-order valence-corrected chi connectivity index (χ2v) is 28.2. The SMILES string of the molecule is Fc1cc(-c2cccc3c2c2cc(-c4ccccc4)ccc2n3-c2cc(C(F)(F)F)c(-c3c(F)cccc3F)cc2-n2c3ccccc3c3cc(-c4ccccc4)ccc32)cc(F)c1-c1cc(-n2c3ccccc3c3ccc(-c4ccccc4)cc32)c(-n2c3ccccc3c3ccc(-c4ccccc4)cc32)cc1C(F)(F)F. The van der Waals surface area contributed by atoms with E-state index in [1.807, 2.05) is 259 Å². The highest BCUT2D eigenvalue weighted by molar-refractivity contribution is 6.18. The molecule has 0 aliphatic rings. The summed E-state index contributed by atoms with van der Waals surface area (Å²) < 4.78 is 178. The standard InChI is InChI=1S/C98H56F10N4/c99-78-33-20-34-79(100)95(78)73-53-90(109-84-37-18-15-31-69(84)72-47-61(41-45-85(72)109)57-21-5-1-6-22-57)92(55-76(73)97(103,104)105)110-86-46-42-62(58-23-7-2-8-24-58)48-75(86)94-66(32-19-38-87(94)110)65-49-80(101)96(81(102)50-65)74-54-91(111-82-35-16-13-29-67(82)70-43-39-63(51-88(70)111)59-25-9-3-10-26-59)93(56-77(74)98(106,107)108)112-83-36-17-14-30-68(83)71-44-40-64(52-89(71)112)60-27-11-4-12-28-60/h1-56H. The molecule has 0 radical (unpaired) electrons. The van der Waals surface area contributed by atoms with Crippen LogP contribution in [-0.2, 0) is 12.4 Å². The second kappa shape index (κ2) is 25.9. The van der Waals surface area contributed by atoms with Gasteiger partial charge < -0.3 is 18.3 Å². The van der Waals surface area contributed by atoms with Gasteiger partial charge in [-0.1, -0.05) is 231 Å². The minimum atomic E-state index is -5.25. The van der Waals surface area contributed by atoms with Gasteiger partial charge in [0.05, 0.1) is 89.1 Å². The molecule has 16 aromatic carbocycles. The zero-order valence-electron chi connectivity index (χ0n) is 58.9. The fourth-order valence-electron chi connectivity index (χ4n) is 17.0. The highest BCUT2D eigenvalue weighted by Gasteiger charge is 2.40. The fraction of sp³-hybridized carbons (Fsp3) is 0.0204. The van der Waals surface area contributed by atoms with Gasteiger partial charge in [0.15, 0.2) is 0 Å². The molecule has 14 heteroatoms. The third-order valence-electron chi connectivity index (χ3n) is 21.9. The van der Waals surface area contributed by atoms with Gasteiger partial charge in [-0.2, -0.15) is 26.3 Å². The smallest absolute Gasteiger partial charge is 0.307 e. The predicted molar refractivity (Wildman–Crippen MR) is 432 cm³/mol. The molecule has 0 N–H and O–H groups in total. The van der Waals surface area contributed by atoms with Crippen LogP contribution in [0.4, 0.5) is 43.9 Å². The van der Waals surface area contributed by atoms with Gasteiger partial charge in [0.1, 0.15) is 23.3 Å². The molecule has 112 heavy (non-hydrogen) atoms. The maximum Gasteiger partial charge on any atom is 0.417 e. The van der Waals surface area contributed by atoms with E-state index in [-0.39, 0.29) is 39.4 Å². The normalized spacial score (nSPS) is 12.2. The van der Waals surface area contributed by atoms with Gasteiger partial charge in [-0.25, -0.2) is 17.6 Å². The van der Waals surface area contributed by atoms with Crippen molar-refractivity contribution in [2.24, 2.45) is 0 Å². The molecule has 0 saturated heterocycles. The van der Waals surface area contributed by atoms with Crippen molar-refractivity contribution in [2.45, 2.75) is 12.4 Å². The van der Waals surface area contributed by atoms with Gasteiger partial charge in [-0.05, 0) is 165 Å². The third-order valence-corrected chi connectivity index (χ3v) is 21.9. The van der Waals surface area contributed by atoms with Crippen molar-refractivity contribution in [2.75, 3.05) is 0 Å². The van der Waals surface area contributed by atoms with Crippen LogP contribution in [0.5, 0.6) is 0 Å². The van der Waals surface area contributed by atoms with Crippen LogP contribution in [0.3, 0.4) is 0 Å². The summed E-state index contributed by atoms with van der Waals surface area (Å²) in [5.74, 6) is -5.16. The highest BCUT2D eigenvalue weighted by Crippen LogP contribution is 2.52. The van der Waals surface area contributed by atoms with Crippen molar-refractivity contribution in [3.63, 3.8) is 0 Å². The van der Waals surface area contributed by atoms with Crippen molar-refractivity contribution in [3.05, 3.63) is 374 Å². The van der Waals surface area contributed by atoms with Crippen LogP contribution < -0.4 is 0 Å². The molecule has 538 valence electrons. The van der Waals surface area contributed by atoms with E-state index >= 15 is 43.9 Å². The van der Waals surface area contributed by atoms with Crippen LogP contribution in [-0.4, -0.2) is 18.3 Å². The minimum absolute atomic E-state index is 0.0607. The second-order valence-electron chi connectivity index (χ2n) is 28.2. The van der Waals surface area contributed by atoms with Crippen LogP contribution in [0, 0.1) is 23.3 Å². The number of alkyl halides is 6. The molecule has 0 spiro atoms. The molecule has 0 unspecified atom stereocenters. The summed E-state index contributed by atoms with van der Waals surface area (Å²) in [4.78, 5) is 0. The van der Waals surface area contributed by atoms with Crippen LogP contribution in [0.25, 0.3) is 188 Å². The maximum absolute atomic E-state index is 18.7. The lowest BCUT2D eigenvalue weighted by Crippen LogP contribution is -2.13. The Hall–Kier alpha value is -14.0. The van der Waals surface area contributed by atoms with Gasteiger partial charge in [-0.15, -0.1) is 0 Å². The van der Waals surface area contributed by atoms with Crippen LogP contribution >= 0.6 is 0 Å². The summed E-state index contributed by atoms with van der Waals surface area (Å²) in [5, 5.41) is 5.15. The lowest BCUT2D eigenvalue weighted by Gasteiger charge is -2.23. The van der Waals surface area contributed by atoms with Crippen molar-refractivity contribution >= 4 is 87.2 Å². The quantitative estimate of drug-likeness (QED) is 0.115. The Balaban J connectivity index is 0.855. The Morgan fingerprint density at radius 1 is 0.188 bits per heavy atom. The Labute approximate surface area is 633 Å². The number of fused-ring (bicyclic) bond motifs is 12. The number of hydrogen-bond acceptors (Lipinski definition) is 0. The van der Waals surface area contributed by atoms with Gasteiger partial charge in [-0.3, -0.25) is 0 Å². The molecule has 20 rings (SSSR count). The van der Waals surface area contributed by atoms with E-state index < -0.39 is 69.0 Å². The summed E-state index contributed by atoms with van der Waals surface area (Å²) in [7, 11) is 0. The van der Waals surface area contributed by atoms with E-state index in [1.54, 1.807) is 44.0 Å². The van der Waals surface area contributed by atoms with Crippen molar-refractivity contribution in [1.29, 1.82) is 0 Å². The first-order chi connectivity index (χ1) is 54.5. The molecule has 20 aromatic rings.